The number of nitrogens with one attached hydrogen (secondary N) is 3. The fourth-order valence-electron chi connectivity index (χ4n) is 5.11. The number of nitrogen functional groups attached to an aromatic ring is 1. The molecule has 5 rings (SSSR count). The van der Waals surface area contributed by atoms with E-state index in [0.29, 0.717) is 11.5 Å². The SMILES string of the molecule is C[B]NC1(c2ccc(Nc3nc(NC4C=CC=CC4N4CCOCC4)ccc3N)cc2)CCC1. The van der Waals surface area contributed by atoms with E-state index >= 15 is 0 Å². The van der Waals surface area contributed by atoms with Crippen LogP contribution >= 0.6 is 0 Å². The molecule has 7 nitrogen and oxygen atoms in total. The number of aromatic nitrogens is 1. The van der Waals surface area contributed by atoms with E-state index in [0.717, 1.165) is 37.8 Å². The number of morpholine rings is 1. The van der Waals surface area contributed by atoms with Crippen molar-refractivity contribution in [3.05, 3.63) is 66.3 Å². The highest BCUT2D eigenvalue weighted by molar-refractivity contribution is 6.30. The normalized spacial score (nSPS) is 23.8. The van der Waals surface area contributed by atoms with Gasteiger partial charge >= 0.3 is 0 Å². The number of rotatable bonds is 8. The van der Waals surface area contributed by atoms with E-state index in [2.05, 4.69) is 76.7 Å². The van der Waals surface area contributed by atoms with Crippen molar-refractivity contribution < 1.29 is 4.74 Å². The second-order valence-electron chi connectivity index (χ2n) is 9.28. The molecular formula is C26H34BN6O. The molecule has 2 atom stereocenters. The molecule has 1 aromatic carbocycles. The van der Waals surface area contributed by atoms with Gasteiger partial charge in [-0.25, -0.2) is 4.98 Å². The summed E-state index contributed by atoms with van der Waals surface area (Å²) in [6, 6.07) is 12.9. The maximum absolute atomic E-state index is 6.27. The first-order valence-electron chi connectivity index (χ1n) is 12.3. The Hall–Kier alpha value is -2.81. The van der Waals surface area contributed by atoms with Crippen LogP contribution in [0.2, 0.25) is 6.82 Å². The van der Waals surface area contributed by atoms with Crippen LogP contribution in [0.15, 0.2) is 60.7 Å². The largest absolute Gasteiger partial charge is 0.396 e. The fourth-order valence-corrected chi connectivity index (χ4v) is 5.11. The predicted molar refractivity (Wildman–Crippen MR) is 141 cm³/mol. The van der Waals surface area contributed by atoms with Crippen molar-refractivity contribution in [1.29, 1.82) is 0 Å². The molecule has 177 valence electrons. The molecule has 1 aliphatic heterocycles. The molecule has 2 aromatic rings. The Morgan fingerprint density at radius 3 is 2.53 bits per heavy atom. The fraction of sp³-hybridized carbons (Fsp3) is 0.423. The lowest BCUT2D eigenvalue weighted by Gasteiger charge is -2.43. The van der Waals surface area contributed by atoms with Gasteiger partial charge in [0.1, 0.15) is 5.82 Å². The van der Waals surface area contributed by atoms with Gasteiger partial charge in [-0.2, -0.15) is 0 Å². The lowest BCUT2D eigenvalue weighted by atomic mass is 9.69. The lowest BCUT2D eigenvalue weighted by Crippen LogP contribution is -2.50. The van der Waals surface area contributed by atoms with Gasteiger partial charge in [-0.1, -0.05) is 43.3 Å². The first-order valence-corrected chi connectivity index (χ1v) is 12.3. The monoisotopic (exact) mass is 457 g/mol. The molecule has 0 spiro atoms. The minimum atomic E-state index is 0.0907. The molecule has 2 unspecified atom stereocenters. The van der Waals surface area contributed by atoms with Crippen LogP contribution in [0.1, 0.15) is 24.8 Å². The second-order valence-corrected chi connectivity index (χ2v) is 9.28. The Kier molecular flexibility index (Phi) is 6.90. The smallest absolute Gasteiger partial charge is 0.202 e. The molecule has 0 bridgehead atoms. The molecule has 8 heteroatoms. The molecule has 5 N–H and O–H groups in total. The zero-order valence-corrected chi connectivity index (χ0v) is 19.8. The highest BCUT2D eigenvalue weighted by Gasteiger charge is 2.37. The van der Waals surface area contributed by atoms with Crippen LogP contribution in [0.25, 0.3) is 0 Å². The van der Waals surface area contributed by atoms with Gasteiger partial charge < -0.3 is 26.3 Å². The molecule has 3 aliphatic rings. The van der Waals surface area contributed by atoms with E-state index in [1.165, 1.54) is 24.8 Å². The van der Waals surface area contributed by atoms with Crippen molar-refractivity contribution in [2.24, 2.45) is 0 Å². The van der Waals surface area contributed by atoms with Gasteiger partial charge in [-0.3, -0.25) is 4.90 Å². The van der Waals surface area contributed by atoms with Crippen molar-refractivity contribution >= 4 is 30.4 Å². The summed E-state index contributed by atoms with van der Waals surface area (Å²) >= 11 is 0. The van der Waals surface area contributed by atoms with Crippen LogP contribution in [-0.2, 0) is 10.3 Å². The number of benzene rings is 1. The first-order chi connectivity index (χ1) is 16.7. The lowest BCUT2D eigenvalue weighted by molar-refractivity contribution is 0.0244. The van der Waals surface area contributed by atoms with Gasteiger partial charge in [0.25, 0.3) is 0 Å². The molecule has 1 radical (unpaired) electrons. The van der Waals surface area contributed by atoms with Crippen LogP contribution in [0.4, 0.5) is 23.0 Å². The molecule has 1 saturated heterocycles. The average Bonchev–Trinajstić information content (AvgIpc) is 2.85. The number of pyridine rings is 1. The van der Waals surface area contributed by atoms with E-state index in [4.69, 9.17) is 15.5 Å². The van der Waals surface area contributed by atoms with Crippen LogP contribution in [0.3, 0.4) is 0 Å². The van der Waals surface area contributed by atoms with E-state index in [-0.39, 0.29) is 17.6 Å². The van der Waals surface area contributed by atoms with E-state index in [1.54, 1.807) is 0 Å². The Balaban J connectivity index is 1.28. The molecule has 1 aromatic heterocycles. The second kappa shape index (κ2) is 10.2. The minimum absolute atomic E-state index is 0.0907. The van der Waals surface area contributed by atoms with Crippen LogP contribution in [-0.4, -0.2) is 55.7 Å². The standard InChI is InChI=1S/C26H34BN6O/c1-27-32-26(13-4-14-26)19-7-9-20(10-8-19)29-25-21(28)11-12-24(31-25)30-22-5-2-3-6-23(22)33-15-17-34-18-16-33/h2-3,5-12,22-23,32H,4,13-18,28H2,1H3,(H2,29,30,31). The number of nitrogens with zero attached hydrogens (tertiary/aromatic N) is 2. The third-order valence-electron chi connectivity index (χ3n) is 7.14. The van der Waals surface area contributed by atoms with Gasteiger partial charge in [0.05, 0.1) is 31.0 Å². The summed E-state index contributed by atoms with van der Waals surface area (Å²) in [5, 5.41) is 10.6. The Morgan fingerprint density at radius 2 is 1.82 bits per heavy atom. The van der Waals surface area contributed by atoms with Crippen molar-refractivity contribution in [2.45, 2.75) is 43.7 Å². The number of hydrogen-bond acceptors (Lipinski definition) is 7. The van der Waals surface area contributed by atoms with Crippen molar-refractivity contribution in [1.82, 2.24) is 15.1 Å². The Morgan fingerprint density at radius 1 is 1.06 bits per heavy atom. The van der Waals surface area contributed by atoms with E-state index in [1.807, 2.05) is 19.0 Å². The summed E-state index contributed by atoms with van der Waals surface area (Å²) in [4.78, 5) is 7.26. The topological polar surface area (TPSA) is 87.5 Å². The van der Waals surface area contributed by atoms with Crippen molar-refractivity contribution in [2.75, 3.05) is 42.7 Å². The van der Waals surface area contributed by atoms with Crippen LogP contribution in [0.5, 0.6) is 0 Å². The third kappa shape index (κ3) is 4.85. The number of nitrogens with two attached hydrogens (primary N) is 1. The van der Waals surface area contributed by atoms with Gasteiger partial charge in [0.2, 0.25) is 7.41 Å². The quantitative estimate of drug-likeness (QED) is 0.450. The number of allylic oxidation sites excluding steroid dienone is 2. The van der Waals surface area contributed by atoms with Crippen molar-refractivity contribution in [3.63, 3.8) is 0 Å². The summed E-state index contributed by atoms with van der Waals surface area (Å²) in [5.41, 5.74) is 9.28. The molecular weight excluding hydrogens is 423 g/mol. The zero-order chi connectivity index (χ0) is 23.4. The summed E-state index contributed by atoms with van der Waals surface area (Å²) in [5.74, 6) is 1.46. The summed E-state index contributed by atoms with van der Waals surface area (Å²) < 4.78 is 5.53. The summed E-state index contributed by atoms with van der Waals surface area (Å²) in [6.07, 6.45) is 12.3. The van der Waals surface area contributed by atoms with E-state index < -0.39 is 0 Å². The Bertz CT molecular complexity index is 1030. The van der Waals surface area contributed by atoms with Gasteiger partial charge in [0, 0.05) is 24.3 Å². The van der Waals surface area contributed by atoms with Gasteiger partial charge in [0.15, 0.2) is 5.82 Å². The number of anilines is 4. The molecule has 0 amide bonds. The molecule has 2 fully saturated rings. The highest BCUT2D eigenvalue weighted by atomic mass is 16.5. The van der Waals surface area contributed by atoms with E-state index in [9.17, 15) is 0 Å². The molecule has 34 heavy (non-hydrogen) atoms. The van der Waals surface area contributed by atoms with Gasteiger partial charge in [-0.15, -0.1) is 0 Å². The predicted octanol–water partition coefficient (Wildman–Crippen LogP) is 3.65. The maximum Gasteiger partial charge on any atom is 0.202 e. The number of hydrogen-bond donors (Lipinski definition) is 4. The van der Waals surface area contributed by atoms with Crippen molar-refractivity contribution in [3.8, 4) is 0 Å². The Labute approximate surface area is 203 Å². The highest BCUT2D eigenvalue weighted by Crippen LogP contribution is 2.41. The maximum atomic E-state index is 6.27. The first kappa shape index (κ1) is 23.0. The molecule has 2 aliphatic carbocycles. The van der Waals surface area contributed by atoms with Crippen LogP contribution in [0, 0.1) is 0 Å². The zero-order valence-electron chi connectivity index (χ0n) is 19.8. The molecule has 1 saturated carbocycles. The van der Waals surface area contributed by atoms with Gasteiger partial charge in [-0.05, 0) is 49.1 Å². The third-order valence-corrected chi connectivity index (χ3v) is 7.14. The number of ether oxygens (including phenoxy) is 1. The summed E-state index contributed by atoms with van der Waals surface area (Å²) in [7, 11) is 2.05. The summed E-state index contributed by atoms with van der Waals surface area (Å²) in [6.45, 7) is 5.48. The van der Waals surface area contributed by atoms with Crippen LogP contribution < -0.4 is 21.6 Å². The molecule has 2 heterocycles. The minimum Gasteiger partial charge on any atom is -0.396 e. The average molecular weight is 457 g/mol.